The van der Waals surface area contributed by atoms with Gasteiger partial charge < -0.3 is 0 Å². The number of hydrazine groups is 1. The van der Waals surface area contributed by atoms with Crippen LogP contribution in [0.2, 0.25) is 5.02 Å². The average Bonchev–Trinajstić information content (AvgIpc) is 3.24. The summed E-state index contributed by atoms with van der Waals surface area (Å²) < 4.78 is 0. The monoisotopic (exact) mass is 452 g/mol. The fourth-order valence-corrected chi connectivity index (χ4v) is 6.31. The van der Waals surface area contributed by atoms with Crippen LogP contribution in [-0.2, 0) is 0 Å². The van der Waals surface area contributed by atoms with Crippen LogP contribution >= 0.6 is 23.4 Å². The molecule has 0 amide bonds. The Morgan fingerprint density at radius 2 is 1.71 bits per heavy atom. The van der Waals surface area contributed by atoms with Gasteiger partial charge in [-0.2, -0.15) is 15.6 Å². The van der Waals surface area contributed by atoms with Crippen LogP contribution in [0.15, 0.2) is 64.8 Å². The molecule has 160 valence electrons. The molecule has 2 N–H and O–H groups in total. The smallest absolute Gasteiger partial charge is 0.204 e. The lowest BCUT2D eigenvalue weighted by Crippen LogP contribution is -2.65. The van der Waals surface area contributed by atoms with Gasteiger partial charge in [-0.1, -0.05) is 66.5 Å². The number of halogens is 1. The van der Waals surface area contributed by atoms with Crippen molar-refractivity contribution in [2.45, 2.75) is 55.5 Å². The first-order valence-corrected chi connectivity index (χ1v) is 12.3. The molecule has 0 aromatic heterocycles. The van der Waals surface area contributed by atoms with Gasteiger partial charge in [0.2, 0.25) is 5.17 Å². The Morgan fingerprint density at radius 1 is 0.968 bits per heavy atom. The van der Waals surface area contributed by atoms with Gasteiger partial charge in [0.05, 0.1) is 11.7 Å². The fraction of sp³-hybridized carbons (Fsp3) is 0.391. The van der Waals surface area contributed by atoms with Crippen molar-refractivity contribution in [2.24, 2.45) is 10.2 Å². The van der Waals surface area contributed by atoms with Crippen molar-refractivity contribution in [1.82, 2.24) is 15.9 Å². The van der Waals surface area contributed by atoms with Gasteiger partial charge >= 0.3 is 0 Å². The molecule has 2 aromatic carbocycles. The molecule has 2 aromatic rings. The van der Waals surface area contributed by atoms with E-state index in [2.05, 4.69) is 57.3 Å². The van der Waals surface area contributed by atoms with Crippen molar-refractivity contribution in [2.75, 3.05) is 5.01 Å². The molecule has 0 radical (unpaired) electrons. The molecule has 0 bridgehead atoms. The Labute approximate surface area is 191 Å². The molecule has 2 atom stereocenters. The van der Waals surface area contributed by atoms with Crippen LogP contribution in [0.25, 0.3) is 0 Å². The zero-order valence-electron chi connectivity index (χ0n) is 17.2. The summed E-state index contributed by atoms with van der Waals surface area (Å²) in [6.07, 6.45) is 7.16. The van der Waals surface area contributed by atoms with Crippen LogP contribution in [0.3, 0.4) is 0 Å². The lowest BCUT2D eigenvalue weighted by molar-refractivity contribution is 0.146. The summed E-state index contributed by atoms with van der Waals surface area (Å²) >= 11 is 7.95. The van der Waals surface area contributed by atoms with Gasteiger partial charge in [-0.15, -0.1) is 0 Å². The molecule has 2 fully saturated rings. The van der Waals surface area contributed by atoms with E-state index in [0.717, 1.165) is 34.6 Å². The lowest BCUT2D eigenvalue weighted by Gasteiger charge is -2.41. The normalized spacial score (nSPS) is 26.6. The lowest BCUT2D eigenvalue weighted by atomic mass is 10.0. The number of nitrogens with one attached hydrogen (secondary N) is 2. The molecule has 3 heterocycles. The van der Waals surface area contributed by atoms with Crippen molar-refractivity contribution in [3.63, 3.8) is 0 Å². The van der Waals surface area contributed by atoms with Crippen molar-refractivity contribution in [1.29, 1.82) is 0 Å². The van der Waals surface area contributed by atoms with Crippen molar-refractivity contribution < 1.29 is 0 Å². The molecular formula is C23H25ClN6S. The number of hydrogen-bond donors (Lipinski definition) is 2. The second kappa shape index (κ2) is 7.73. The second-order valence-corrected chi connectivity index (χ2v) is 10.2. The van der Waals surface area contributed by atoms with Gasteiger partial charge in [0, 0.05) is 5.02 Å². The molecule has 1 aliphatic carbocycles. The Balaban J connectivity index is 1.38. The highest BCUT2D eigenvalue weighted by molar-refractivity contribution is 8.15. The molecule has 1 saturated heterocycles. The summed E-state index contributed by atoms with van der Waals surface area (Å²) in [6.45, 7) is 0. The third kappa shape index (κ3) is 3.39. The number of anilines is 1. The standard InChI is InChI=1S/C23H25ClN6S/c24-17-12-10-16(11-13-17)19-20-21(26-29(19)18-8-4-3-5-9-18)30-22(31-20)25-27-23(28-30)14-6-1-2-7-15-23/h3-5,8-13,19-20,27-28H,1-2,6-7,14-15H2. The van der Waals surface area contributed by atoms with E-state index >= 15 is 0 Å². The molecule has 6 nitrogen and oxygen atoms in total. The van der Waals surface area contributed by atoms with Gasteiger partial charge in [0.15, 0.2) is 5.84 Å². The van der Waals surface area contributed by atoms with E-state index in [1.54, 1.807) is 11.8 Å². The van der Waals surface area contributed by atoms with Crippen LogP contribution in [0, 0.1) is 0 Å². The molecule has 6 rings (SSSR count). The summed E-state index contributed by atoms with van der Waals surface area (Å²) in [5.74, 6) is 1.03. The van der Waals surface area contributed by atoms with Crippen molar-refractivity contribution in [3.8, 4) is 0 Å². The molecule has 1 spiro atoms. The minimum atomic E-state index is -0.173. The van der Waals surface area contributed by atoms with Gasteiger partial charge in [0.25, 0.3) is 0 Å². The second-order valence-electron chi connectivity index (χ2n) is 8.62. The Bertz CT molecular complexity index is 1020. The number of rotatable bonds is 2. The van der Waals surface area contributed by atoms with E-state index in [9.17, 15) is 0 Å². The van der Waals surface area contributed by atoms with E-state index in [0.29, 0.717) is 0 Å². The van der Waals surface area contributed by atoms with Crippen LogP contribution in [0.5, 0.6) is 0 Å². The third-order valence-corrected chi connectivity index (χ3v) is 8.01. The molecule has 2 unspecified atom stereocenters. The molecule has 3 aliphatic heterocycles. The number of fused-ring (bicyclic) bond motifs is 3. The van der Waals surface area contributed by atoms with Crippen LogP contribution in [0.1, 0.15) is 50.1 Å². The maximum atomic E-state index is 6.19. The first kappa shape index (κ1) is 19.5. The topological polar surface area (TPSA) is 55.3 Å². The highest BCUT2D eigenvalue weighted by atomic mass is 35.5. The quantitative estimate of drug-likeness (QED) is 0.666. The van der Waals surface area contributed by atoms with Gasteiger partial charge in [-0.3, -0.25) is 10.4 Å². The van der Waals surface area contributed by atoms with E-state index in [4.69, 9.17) is 21.8 Å². The SMILES string of the molecule is Clc1ccc(C2C3SC4=NNC5(CCCCCC5)NN4C3=NN2c2ccccc2)cc1. The van der Waals surface area contributed by atoms with Gasteiger partial charge in [0.1, 0.15) is 10.9 Å². The number of benzene rings is 2. The van der Waals surface area contributed by atoms with Crippen molar-refractivity contribution >= 4 is 40.1 Å². The molecular weight excluding hydrogens is 428 g/mol. The summed E-state index contributed by atoms with van der Waals surface area (Å²) in [5.41, 5.74) is 9.37. The Morgan fingerprint density at radius 3 is 2.45 bits per heavy atom. The number of hydrazone groups is 2. The van der Waals surface area contributed by atoms with Crippen LogP contribution < -0.4 is 15.9 Å². The first-order chi connectivity index (χ1) is 15.2. The predicted octanol–water partition coefficient (Wildman–Crippen LogP) is 5.06. The molecule has 8 heteroatoms. The predicted molar refractivity (Wildman–Crippen MR) is 128 cm³/mol. The van der Waals surface area contributed by atoms with E-state index in [1.807, 2.05) is 18.2 Å². The summed E-state index contributed by atoms with van der Waals surface area (Å²) in [7, 11) is 0. The summed E-state index contributed by atoms with van der Waals surface area (Å²) in [6, 6.07) is 18.6. The first-order valence-electron chi connectivity index (χ1n) is 11.0. The van der Waals surface area contributed by atoms with Crippen LogP contribution in [0.4, 0.5) is 5.69 Å². The Kier molecular flexibility index (Phi) is 4.85. The highest BCUT2D eigenvalue weighted by Gasteiger charge is 2.52. The maximum Gasteiger partial charge on any atom is 0.204 e. The molecule has 1 saturated carbocycles. The Hall–Kier alpha value is -2.22. The van der Waals surface area contributed by atoms with Gasteiger partial charge in [-0.05, 0) is 55.5 Å². The number of para-hydroxylation sites is 1. The summed E-state index contributed by atoms with van der Waals surface area (Å²) in [4.78, 5) is 0. The largest absolute Gasteiger partial charge is 0.286 e. The van der Waals surface area contributed by atoms with E-state index < -0.39 is 0 Å². The maximum absolute atomic E-state index is 6.19. The van der Waals surface area contributed by atoms with E-state index in [-0.39, 0.29) is 17.0 Å². The summed E-state index contributed by atoms with van der Waals surface area (Å²) in [5, 5.41) is 16.1. The number of hydrogen-bond acceptors (Lipinski definition) is 7. The number of thioether (sulfide) groups is 1. The molecule has 4 aliphatic rings. The van der Waals surface area contributed by atoms with Crippen LogP contribution in [-0.4, -0.2) is 26.9 Å². The number of amidine groups is 2. The highest BCUT2D eigenvalue weighted by Crippen LogP contribution is 2.47. The zero-order valence-corrected chi connectivity index (χ0v) is 18.7. The van der Waals surface area contributed by atoms with E-state index in [1.165, 1.54) is 31.2 Å². The fourth-order valence-electron chi connectivity index (χ4n) is 4.96. The average molecular weight is 453 g/mol. The zero-order chi connectivity index (χ0) is 20.8. The minimum absolute atomic E-state index is 0.0693. The molecule has 31 heavy (non-hydrogen) atoms. The number of nitrogens with zero attached hydrogens (tertiary/aromatic N) is 4. The minimum Gasteiger partial charge on any atom is -0.286 e. The third-order valence-electron chi connectivity index (χ3n) is 6.55. The van der Waals surface area contributed by atoms with Crippen molar-refractivity contribution in [3.05, 3.63) is 65.2 Å². The van der Waals surface area contributed by atoms with Gasteiger partial charge in [-0.25, -0.2) is 5.01 Å².